The Morgan fingerprint density at radius 1 is 1.00 bits per heavy atom. The van der Waals surface area contributed by atoms with E-state index in [0.29, 0.717) is 12.2 Å². The zero-order valence-corrected chi connectivity index (χ0v) is 14.0. The average molecular weight is 340 g/mol. The minimum atomic E-state index is -0.541. The highest BCUT2D eigenvalue weighted by Gasteiger charge is 2.33. The van der Waals surface area contributed by atoms with Crippen LogP contribution in [0.2, 0.25) is 0 Å². The minimum absolute atomic E-state index is 0.0980. The molecule has 0 spiro atoms. The number of nitrogens with zero attached hydrogens (tertiary/aromatic N) is 2. The maximum atomic E-state index is 13.1. The second-order valence-electron chi connectivity index (χ2n) is 6.39. The highest BCUT2D eigenvalue weighted by atomic mass is 16.5. The predicted molar refractivity (Wildman–Crippen MR) is 100.0 cm³/mol. The van der Waals surface area contributed by atoms with Gasteiger partial charge in [-0.15, -0.1) is 0 Å². The molecule has 0 amide bonds. The molecule has 126 valence electrons. The van der Waals surface area contributed by atoms with Crippen LogP contribution in [0, 0.1) is 0 Å². The molecule has 26 heavy (non-hydrogen) atoms. The third-order valence-electron chi connectivity index (χ3n) is 4.84. The summed E-state index contributed by atoms with van der Waals surface area (Å²) in [4.78, 5) is 17.4. The Hall–Kier alpha value is -3.40. The standard InChI is InChI=1S/C22H16N2O2/c25-21(22-23-12-13-24(22)16-7-2-1-3-8-16)20-14-18-17-9-5-4-6-15(17)10-11-19(18)26-20/h1-13,20H,14H2/t20-/m1/s1. The molecule has 0 N–H and O–H groups in total. The Bertz CT molecular complexity index is 1120. The summed E-state index contributed by atoms with van der Waals surface area (Å²) in [5.74, 6) is 1.09. The third kappa shape index (κ3) is 2.30. The van der Waals surface area contributed by atoms with E-state index in [4.69, 9.17) is 4.74 Å². The summed E-state index contributed by atoms with van der Waals surface area (Å²) in [7, 11) is 0. The van der Waals surface area contributed by atoms with Crippen molar-refractivity contribution in [2.45, 2.75) is 12.5 Å². The molecule has 4 nitrogen and oxygen atoms in total. The van der Waals surface area contributed by atoms with Crippen LogP contribution in [0.25, 0.3) is 16.5 Å². The van der Waals surface area contributed by atoms with Crippen LogP contribution in [0.3, 0.4) is 0 Å². The summed E-state index contributed by atoms with van der Waals surface area (Å²) in [5, 5.41) is 2.31. The monoisotopic (exact) mass is 340 g/mol. The van der Waals surface area contributed by atoms with E-state index in [-0.39, 0.29) is 5.78 Å². The van der Waals surface area contributed by atoms with Gasteiger partial charge in [0, 0.05) is 30.1 Å². The zero-order valence-electron chi connectivity index (χ0n) is 14.0. The van der Waals surface area contributed by atoms with Crippen LogP contribution in [0.4, 0.5) is 0 Å². The van der Waals surface area contributed by atoms with Crippen molar-refractivity contribution in [3.63, 3.8) is 0 Å². The summed E-state index contributed by atoms with van der Waals surface area (Å²) >= 11 is 0. The molecular weight excluding hydrogens is 324 g/mol. The first-order valence-electron chi connectivity index (χ1n) is 8.61. The molecular formula is C22H16N2O2. The number of rotatable bonds is 3. The molecule has 1 atom stereocenters. The fourth-order valence-corrected chi connectivity index (χ4v) is 3.59. The van der Waals surface area contributed by atoms with Gasteiger partial charge in [-0.2, -0.15) is 0 Å². The van der Waals surface area contributed by atoms with E-state index in [1.165, 1.54) is 0 Å². The third-order valence-corrected chi connectivity index (χ3v) is 4.84. The summed E-state index contributed by atoms with van der Waals surface area (Å²) in [6.07, 6.45) is 3.48. The number of hydrogen-bond acceptors (Lipinski definition) is 3. The smallest absolute Gasteiger partial charge is 0.239 e. The number of Topliss-reactive ketones (excluding diaryl/α,β-unsaturated/α-hetero) is 1. The SMILES string of the molecule is O=C(c1nccn1-c1ccccc1)[C@H]1Cc2c(ccc3ccccc23)O1. The van der Waals surface area contributed by atoms with Crippen molar-refractivity contribution in [3.05, 3.63) is 90.5 Å². The van der Waals surface area contributed by atoms with Gasteiger partial charge in [0.1, 0.15) is 5.75 Å². The molecule has 5 rings (SSSR count). The minimum Gasteiger partial charge on any atom is -0.481 e. The molecule has 1 aliphatic heterocycles. The molecule has 1 aromatic heterocycles. The van der Waals surface area contributed by atoms with Crippen molar-refractivity contribution >= 4 is 16.6 Å². The van der Waals surface area contributed by atoms with E-state index in [0.717, 1.165) is 27.8 Å². The second-order valence-corrected chi connectivity index (χ2v) is 6.39. The lowest BCUT2D eigenvalue weighted by atomic mass is 10.00. The van der Waals surface area contributed by atoms with Crippen LogP contribution in [-0.4, -0.2) is 21.4 Å². The molecule has 3 aromatic carbocycles. The molecule has 4 heteroatoms. The highest BCUT2D eigenvalue weighted by Crippen LogP contribution is 2.35. The van der Waals surface area contributed by atoms with E-state index >= 15 is 0 Å². The summed E-state index contributed by atoms with van der Waals surface area (Å²) in [6, 6.07) is 21.9. The topological polar surface area (TPSA) is 44.1 Å². The van der Waals surface area contributed by atoms with Crippen LogP contribution >= 0.6 is 0 Å². The molecule has 0 bridgehead atoms. The van der Waals surface area contributed by atoms with Crippen molar-refractivity contribution < 1.29 is 9.53 Å². The number of para-hydroxylation sites is 1. The fraction of sp³-hybridized carbons (Fsp3) is 0.0909. The number of fused-ring (bicyclic) bond motifs is 3. The lowest BCUT2D eigenvalue weighted by molar-refractivity contribution is 0.0812. The number of imidazole rings is 1. The number of hydrogen-bond donors (Lipinski definition) is 0. The van der Waals surface area contributed by atoms with Gasteiger partial charge in [-0.1, -0.05) is 48.5 Å². The van der Waals surface area contributed by atoms with Crippen molar-refractivity contribution in [3.8, 4) is 11.4 Å². The Morgan fingerprint density at radius 2 is 1.81 bits per heavy atom. The maximum Gasteiger partial charge on any atom is 0.239 e. The zero-order chi connectivity index (χ0) is 17.5. The van der Waals surface area contributed by atoms with E-state index in [1.807, 2.05) is 59.2 Å². The largest absolute Gasteiger partial charge is 0.481 e. The summed E-state index contributed by atoms with van der Waals surface area (Å²) in [6.45, 7) is 0. The predicted octanol–water partition coefficient (Wildman–Crippen LogP) is 4.21. The summed E-state index contributed by atoms with van der Waals surface area (Å²) < 4.78 is 7.80. The van der Waals surface area contributed by atoms with E-state index in [9.17, 15) is 4.79 Å². The number of carbonyl (C=O) groups excluding carboxylic acids is 1. The molecule has 0 aliphatic carbocycles. The molecule has 0 unspecified atom stereocenters. The highest BCUT2D eigenvalue weighted by molar-refractivity contribution is 5.99. The number of aromatic nitrogens is 2. The fourth-order valence-electron chi connectivity index (χ4n) is 3.59. The van der Waals surface area contributed by atoms with E-state index in [2.05, 4.69) is 17.1 Å². The first-order valence-corrected chi connectivity index (χ1v) is 8.61. The van der Waals surface area contributed by atoms with Gasteiger partial charge in [0.15, 0.2) is 11.9 Å². The maximum absolute atomic E-state index is 13.1. The number of benzene rings is 3. The summed E-state index contributed by atoms with van der Waals surface area (Å²) in [5.41, 5.74) is 2.01. The lowest BCUT2D eigenvalue weighted by Gasteiger charge is -2.11. The van der Waals surface area contributed by atoms with E-state index in [1.54, 1.807) is 12.4 Å². The number of ketones is 1. The molecule has 4 aromatic rings. The normalized spacial score (nSPS) is 15.6. The number of ether oxygens (including phenoxy) is 1. The first kappa shape index (κ1) is 14.9. The van der Waals surface area contributed by atoms with Gasteiger partial charge in [-0.3, -0.25) is 9.36 Å². The molecule has 0 saturated carbocycles. The van der Waals surface area contributed by atoms with Crippen molar-refractivity contribution in [2.75, 3.05) is 0 Å². The molecule has 0 radical (unpaired) electrons. The Morgan fingerprint density at radius 3 is 2.69 bits per heavy atom. The van der Waals surface area contributed by atoms with Gasteiger partial charge in [0.2, 0.25) is 5.78 Å². The van der Waals surface area contributed by atoms with Crippen LogP contribution in [0.15, 0.2) is 79.1 Å². The van der Waals surface area contributed by atoms with Crippen LogP contribution < -0.4 is 4.74 Å². The molecule has 1 aliphatic rings. The Balaban J connectivity index is 1.50. The Kier molecular flexibility index (Phi) is 3.35. The van der Waals surface area contributed by atoms with Crippen molar-refractivity contribution in [1.29, 1.82) is 0 Å². The van der Waals surface area contributed by atoms with Gasteiger partial charge >= 0.3 is 0 Å². The van der Waals surface area contributed by atoms with Gasteiger partial charge in [0.25, 0.3) is 0 Å². The average Bonchev–Trinajstić information content (AvgIpc) is 3.35. The van der Waals surface area contributed by atoms with Crippen LogP contribution in [0.5, 0.6) is 5.75 Å². The van der Waals surface area contributed by atoms with Gasteiger partial charge in [-0.25, -0.2) is 4.98 Å². The van der Waals surface area contributed by atoms with Gasteiger partial charge in [-0.05, 0) is 29.0 Å². The molecule has 2 heterocycles. The second kappa shape index (κ2) is 5.85. The van der Waals surface area contributed by atoms with Gasteiger partial charge in [0.05, 0.1) is 0 Å². The van der Waals surface area contributed by atoms with Crippen molar-refractivity contribution in [1.82, 2.24) is 9.55 Å². The van der Waals surface area contributed by atoms with Crippen molar-refractivity contribution in [2.24, 2.45) is 0 Å². The van der Waals surface area contributed by atoms with Crippen LogP contribution in [-0.2, 0) is 6.42 Å². The molecule has 0 fully saturated rings. The van der Waals surface area contributed by atoms with E-state index < -0.39 is 6.10 Å². The van der Waals surface area contributed by atoms with Crippen LogP contribution in [0.1, 0.15) is 16.2 Å². The number of carbonyl (C=O) groups is 1. The molecule has 0 saturated heterocycles. The Labute approximate surface area is 150 Å². The van der Waals surface area contributed by atoms with Gasteiger partial charge < -0.3 is 4.74 Å². The first-order chi connectivity index (χ1) is 12.8. The lowest BCUT2D eigenvalue weighted by Crippen LogP contribution is -2.28. The quantitative estimate of drug-likeness (QED) is 0.525.